The zero-order chi connectivity index (χ0) is 22.6. The van der Waals surface area contributed by atoms with Crippen LogP contribution in [0.25, 0.3) is 0 Å². The zero-order valence-electron chi connectivity index (χ0n) is 20.7. The summed E-state index contributed by atoms with van der Waals surface area (Å²) in [6, 6.07) is 2.28. The van der Waals surface area contributed by atoms with Crippen LogP contribution in [0.2, 0.25) is 0 Å². The second kappa shape index (κ2) is 8.32. The average Bonchev–Trinajstić information content (AvgIpc) is 3.16. The standard InChI is InChI=1S/C28H47NO2/c1-18(6-13-25(30)26(2,3)17-29)20-9-10-22-21(20)11-12-24-23(22)8-7-19-16-27(4,31)14-15-28(19,24)5/h18-25,30-31H,6-16H2,1-5H3/t18-,19+,20-,21-,22?,23?,24?,25+,27+,28+/m1/s1. The molecule has 0 radical (unpaired) electrons. The monoisotopic (exact) mass is 429 g/mol. The van der Waals surface area contributed by atoms with Gasteiger partial charge in [0.15, 0.2) is 0 Å². The summed E-state index contributed by atoms with van der Waals surface area (Å²) in [6.45, 7) is 10.8. The molecule has 4 aliphatic carbocycles. The maximum Gasteiger partial charge on any atom is 0.0776 e. The first-order valence-corrected chi connectivity index (χ1v) is 13.3. The van der Waals surface area contributed by atoms with Gasteiger partial charge in [0.25, 0.3) is 0 Å². The van der Waals surface area contributed by atoms with E-state index in [2.05, 4.69) is 26.8 Å². The fourth-order valence-electron chi connectivity index (χ4n) is 8.91. The maximum atomic E-state index is 10.7. The molecule has 0 spiro atoms. The van der Waals surface area contributed by atoms with Crippen molar-refractivity contribution in [3.05, 3.63) is 0 Å². The lowest BCUT2D eigenvalue weighted by Crippen LogP contribution is -2.53. The number of fused-ring (bicyclic) bond motifs is 5. The Kier molecular flexibility index (Phi) is 6.33. The van der Waals surface area contributed by atoms with Crippen molar-refractivity contribution < 1.29 is 10.2 Å². The summed E-state index contributed by atoms with van der Waals surface area (Å²) in [4.78, 5) is 0. The normalized spacial score (nSPS) is 46.9. The Morgan fingerprint density at radius 1 is 0.968 bits per heavy atom. The lowest BCUT2D eigenvalue weighted by Gasteiger charge is -2.60. The van der Waals surface area contributed by atoms with E-state index in [-0.39, 0.29) is 0 Å². The Bertz CT molecular complexity index is 694. The Hall–Kier alpha value is -0.590. The summed E-state index contributed by atoms with van der Waals surface area (Å²) in [5.41, 5.74) is -0.631. The molecule has 176 valence electrons. The van der Waals surface area contributed by atoms with Crippen molar-refractivity contribution >= 4 is 0 Å². The molecule has 31 heavy (non-hydrogen) atoms. The van der Waals surface area contributed by atoms with Crippen molar-refractivity contribution in [2.24, 2.45) is 52.3 Å². The van der Waals surface area contributed by atoms with Gasteiger partial charge in [0.05, 0.1) is 23.2 Å². The molecule has 4 fully saturated rings. The molecule has 2 N–H and O–H groups in total. The molecule has 0 aromatic rings. The number of nitriles is 1. The molecule has 0 bridgehead atoms. The van der Waals surface area contributed by atoms with Gasteiger partial charge in [-0.3, -0.25) is 0 Å². The van der Waals surface area contributed by atoms with Crippen LogP contribution in [0, 0.1) is 63.6 Å². The highest BCUT2D eigenvalue weighted by Gasteiger charge is 2.57. The number of aliphatic hydroxyl groups excluding tert-OH is 1. The molecule has 0 aromatic heterocycles. The van der Waals surface area contributed by atoms with Crippen LogP contribution in [0.15, 0.2) is 0 Å². The Morgan fingerprint density at radius 2 is 1.65 bits per heavy atom. The van der Waals surface area contributed by atoms with Crippen molar-refractivity contribution in [3.63, 3.8) is 0 Å². The van der Waals surface area contributed by atoms with Gasteiger partial charge in [0, 0.05) is 0 Å². The third kappa shape index (κ3) is 4.21. The third-order valence-corrected chi connectivity index (χ3v) is 11.1. The highest BCUT2D eigenvalue weighted by atomic mass is 16.3. The quantitative estimate of drug-likeness (QED) is 0.536. The minimum atomic E-state index is -0.644. The molecular formula is C28H47NO2. The Labute approximate surface area is 191 Å². The Balaban J connectivity index is 1.39. The predicted molar refractivity (Wildman–Crippen MR) is 125 cm³/mol. The summed E-state index contributed by atoms with van der Waals surface area (Å²) >= 11 is 0. The summed E-state index contributed by atoms with van der Waals surface area (Å²) in [6.07, 6.45) is 12.8. The molecule has 3 heteroatoms. The molecule has 4 rings (SSSR count). The van der Waals surface area contributed by atoms with E-state index in [1.807, 2.05) is 13.8 Å². The first-order chi connectivity index (χ1) is 14.5. The molecule has 0 aromatic carbocycles. The van der Waals surface area contributed by atoms with E-state index in [0.29, 0.717) is 11.3 Å². The number of aliphatic hydroxyl groups is 2. The van der Waals surface area contributed by atoms with Crippen LogP contribution < -0.4 is 0 Å². The van der Waals surface area contributed by atoms with Crippen LogP contribution in [0.3, 0.4) is 0 Å². The largest absolute Gasteiger partial charge is 0.391 e. The second-order valence-electron chi connectivity index (χ2n) is 13.3. The van der Waals surface area contributed by atoms with E-state index in [1.54, 1.807) is 0 Å². The zero-order valence-corrected chi connectivity index (χ0v) is 20.7. The van der Waals surface area contributed by atoms with Crippen molar-refractivity contribution in [3.8, 4) is 6.07 Å². The molecule has 0 amide bonds. The molecule has 3 unspecified atom stereocenters. The molecular weight excluding hydrogens is 382 g/mol. The van der Waals surface area contributed by atoms with Gasteiger partial charge in [-0.15, -0.1) is 0 Å². The minimum Gasteiger partial charge on any atom is -0.391 e. The summed E-state index contributed by atoms with van der Waals surface area (Å²) in [5, 5.41) is 30.5. The summed E-state index contributed by atoms with van der Waals surface area (Å²) in [5.74, 6) is 5.74. The van der Waals surface area contributed by atoms with E-state index in [9.17, 15) is 15.5 Å². The van der Waals surface area contributed by atoms with E-state index >= 15 is 0 Å². The van der Waals surface area contributed by atoms with Gasteiger partial charge >= 0.3 is 0 Å². The third-order valence-electron chi connectivity index (χ3n) is 11.1. The van der Waals surface area contributed by atoms with E-state index < -0.39 is 17.1 Å². The van der Waals surface area contributed by atoms with Crippen molar-refractivity contribution in [2.75, 3.05) is 0 Å². The lowest BCUT2D eigenvalue weighted by molar-refractivity contribution is -0.134. The fraction of sp³-hybridized carbons (Fsp3) is 0.964. The number of nitrogens with zero attached hydrogens (tertiary/aromatic N) is 1. The molecule has 0 heterocycles. The van der Waals surface area contributed by atoms with Crippen LogP contribution in [0.5, 0.6) is 0 Å². The lowest BCUT2D eigenvalue weighted by atomic mass is 9.46. The molecule has 4 aliphatic rings. The number of rotatable bonds is 5. The predicted octanol–water partition coefficient (Wildman–Crippen LogP) is 6.33. The van der Waals surface area contributed by atoms with Gasteiger partial charge in [-0.25, -0.2) is 0 Å². The van der Waals surface area contributed by atoms with Gasteiger partial charge in [0.2, 0.25) is 0 Å². The summed E-state index contributed by atoms with van der Waals surface area (Å²) in [7, 11) is 0. The van der Waals surface area contributed by atoms with E-state index in [1.165, 1.54) is 44.9 Å². The van der Waals surface area contributed by atoms with Gasteiger partial charge < -0.3 is 10.2 Å². The van der Waals surface area contributed by atoms with Gasteiger partial charge in [-0.1, -0.05) is 13.8 Å². The highest BCUT2D eigenvalue weighted by Crippen LogP contribution is 2.65. The molecule has 3 nitrogen and oxygen atoms in total. The van der Waals surface area contributed by atoms with Gasteiger partial charge in [-0.05, 0) is 138 Å². The smallest absolute Gasteiger partial charge is 0.0776 e. The van der Waals surface area contributed by atoms with E-state index in [4.69, 9.17) is 0 Å². The van der Waals surface area contributed by atoms with Gasteiger partial charge in [0.1, 0.15) is 0 Å². The highest BCUT2D eigenvalue weighted by molar-refractivity contribution is 5.07. The molecule has 0 aliphatic heterocycles. The van der Waals surface area contributed by atoms with Crippen LogP contribution in [-0.2, 0) is 0 Å². The van der Waals surface area contributed by atoms with Crippen LogP contribution >= 0.6 is 0 Å². The van der Waals surface area contributed by atoms with Gasteiger partial charge in [-0.2, -0.15) is 5.26 Å². The van der Waals surface area contributed by atoms with Crippen molar-refractivity contribution in [2.45, 2.75) is 117 Å². The SMILES string of the molecule is C[C@H](CC[C@H](O)C(C)(C)C#N)[C@H]1CCC2C3CC[C@H]4C[C@@](C)(O)CC[C@]4(C)C3CC[C@@H]21. The fourth-order valence-corrected chi connectivity index (χ4v) is 8.91. The molecule has 0 saturated heterocycles. The minimum absolute atomic E-state index is 0.438. The number of hydrogen-bond acceptors (Lipinski definition) is 3. The topological polar surface area (TPSA) is 64.2 Å². The second-order valence-corrected chi connectivity index (χ2v) is 13.3. The van der Waals surface area contributed by atoms with Crippen molar-refractivity contribution in [1.82, 2.24) is 0 Å². The van der Waals surface area contributed by atoms with Crippen LogP contribution in [0.1, 0.15) is 105 Å². The maximum absolute atomic E-state index is 10.7. The average molecular weight is 430 g/mol. The first-order valence-electron chi connectivity index (χ1n) is 13.3. The molecule has 10 atom stereocenters. The summed E-state index contributed by atoms with van der Waals surface area (Å²) < 4.78 is 0. The van der Waals surface area contributed by atoms with E-state index in [0.717, 1.165) is 61.2 Å². The van der Waals surface area contributed by atoms with Crippen molar-refractivity contribution in [1.29, 1.82) is 5.26 Å². The van der Waals surface area contributed by atoms with Crippen LogP contribution in [0.4, 0.5) is 0 Å². The van der Waals surface area contributed by atoms with Crippen LogP contribution in [-0.4, -0.2) is 21.9 Å². The molecule has 4 saturated carbocycles. The Morgan fingerprint density at radius 3 is 2.35 bits per heavy atom. The number of hydrogen-bond donors (Lipinski definition) is 2. The first kappa shape index (κ1) is 23.6.